The van der Waals surface area contributed by atoms with E-state index in [4.69, 9.17) is 0 Å². The first-order chi connectivity index (χ1) is 10.2. The lowest BCUT2D eigenvalue weighted by molar-refractivity contribution is 0.458. The van der Waals surface area contributed by atoms with Gasteiger partial charge < -0.3 is 5.11 Å². The molecule has 0 aliphatic rings. The van der Waals surface area contributed by atoms with Crippen LogP contribution in [-0.2, 0) is 0 Å². The van der Waals surface area contributed by atoms with E-state index in [1.807, 2.05) is 6.07 Å². The topological polar surface area (TPSA) is 20.2 Å². The lowest BCUT2D eigenvalue weighted by Crippen LogP contribution is -1.95. The smallest absolute Gasteiger partial charge is 0.167 e. The van der Waals surface area contributed by atoms with Crippen molar-refractivity contribution in [3.63, 3.8) is 0 Å². The second-order valence-electron chi connectivity index (χ2n) is 4.67. The monoisotopic (exact) mass is 282 g/mol. The molecular weight excluding hydrogens is 270 g/mol. The van der Waals surface area contributed by atoms with E-state index in [0.717, 1.165) is 6.07 Å². The third-order valence-corrected chi connectivity index (χ3v) is 3.32. The summed E-state index contributed by atoms with van der Waals surface area (Å²) in [6.07, 6.45) is 0. The van der Waals surface area contributed by atoms with E-state index in [-0.39, 0.29) is 11.3 Å². The minimum absolute atomic E-state index is 0.0688. The number of benzene rings is 3. The van der Waals surface area contributed by atoms with E-state index in [9.17, 15) is 13.9 Å². The van der Waals surface area contributed by atoms with E-state index < -0.39 is 11.6 Å². The molecule has 1 N–H and O–H groups in total. The zero-order valence-electron chi connectivity index (χ0n) is 11.1. The number of phenolic OH excluding ortho intramolecular Hbond substituents is 1. The van der Waals surface area contributed by atoms with E-state index in [0.29, 0.717) is 16.7 Å². The summed E-state index contributed by atoms with van der Waals surface area (Å²) in [5, 5.41) is 10.1. The molecule has 0 saturated heterocycles. The van der Waals surface area contributed by atoms with Crippen LogP contribution in [0.2, 0.25) is 0 Å². The van der Waals surface area contributed by atoms with Gasteiger partial charge in [-0.1, -0.05) is 60.7 Å². The summed E-state index contributed by atoms with van der Waals surface area (Å²) in [5.41, 5.74) is 1.51. The van der Waals surface area contributed by atoms with Crippen molar-refractivity contribution >= 4 is 0 Å². The summed E-state index contributed by atoms with van der Waals surface area (Å²) in [4.78, 5) is 0. The Bertz CT molecular complexity index is 768. The normalized spacial score (nSPS) is 10.6. The molecule has 1 nitrogen and oxygen atoms in total. The molecule has 3 heteroatoms. The summed E-state index contributed by atoms with van der Waals surface area (Å²) in [5.74, 6) is -2.30. The fourth-order valence-corrected chi connectivity index (χ4v) is 2.39. The zero-order chi connectivity index (χ0) is 14.8. The Hall–Kier alpha value is -2.68. The van der Waals surface area contributed by atoms with E-state index in [1.54, 1.807) is 54.6 Å². The van der Waals surface area contributed by atoms with Crippen LogP contribution in [0.4, 0.5) is 8.78 Å². The van der Waals surface area contributed by atoms with Gasteiger partial charge in [-0.2, -0.15) is 0 Å². The number of phenols is 1. The molecule has 0 aromatic heterocycles. The Morgan fingerprint density at radius 2 is 1.14 bits per heavy atom. The van der Waals surface area contributed by atoms with Crippen LogP contribution in [-0.4, -0.2) is 5.11 Å². The number of hydrogen-bond acceptors (Lipinski definition) is 1. The van der Waals surface area contributed by atoms with Gasteiger partial charge in [-0.3, -0.25) is 0 Å². The standard InChI is InChI=1S/C18H12F2O/c19-14-11-15(21)16(12-7-3-1-4-8-12)17(18(14)20)13-9-5-2-6-10-13/h1-11,21H. The molecule has 0 aliphatic heterocycles. The molecule has 21 heavy (non-hydrogen) atoms. The van der Waals surface area contributed by atoms with Gasteiger partial charge in [0.1, 0.15) is 5.75 Å². The summed E-state index contributed by atoms with van der Waals surface area (Å²) >= 11 is 0. The quantitative estimate of drug-likeness (QED) is 0.701. The van der Waals surface area contributed by atoms with Crippen LogP contribution >= 0.6 is 0 Å². The van der Waals surface area contributed by atoms with Crippen molar-refractivity contribution < 1.29 is 13.9 Å². The van der Waals surface area contributed by atoms with Gasteiger partial charge in [0.2, 0.25) is 0 Å². The van der Waals surface area contributed by atoms with Gasteiger partial charge in [0.05, 0.1) is 0 Å². The van der Waals surface area contributed by atoms with Crippen LogP contribution in [0.5, 0.6) is 5.75 Å². The number of halogens is 2. The van der Waals surface area contributed by atoms with Crippen molar-refractivity contribution in [3.8, 4) is 28.0 Å². The number of rotatable bonds is 2. The average Bonchev–Trinajstić information content (AvgIpc) is 2.52. The predicted molar refractivity (Wildman–Crippen MR) is 78.9 cm³/mol. The predicted octanol–water partition coefficient (Wildman–Crippen LogP) is 5.00. The highest BCUT2D eigenvalue weighted by molar-refractivity contribution is 5.87. The Kier molecular flexibility index (Phi) is 3.40. The van der Waals surface area contributed by atoms with Gasteiger partial charge in [0.15, 0.2) is 11.6 Å². The Morgan fingerprint density at radius 1 is 0.667 bits per heavy atom. The fourth-order valence-electron chi connectivity index (χ4n) is 2.39. The summed E-state index contributed by atoms with van der Waals surface area (Å²) in [6.45, 7) is 0. The van der Waals surface area contributed by atoms with Crippen LogP contribution in [0.1, 0.15) is 0 Å². The van der Waals surface area contributed by atoms with Crippen LogP contribution in [0.15, 0.2) is 66.7 Å². The molecule has 0 radical (unpaired) electrons. The van der Waals surface area contributed by atoms with E-state index in [1.165, 1.54) is 0 Å². The molecule has 0 atom stereocenters. The lowest BCUT2D eigenvalue weighted by atomic mass is 9.93. The van der Waals surface area contributed by atoms with Gasteiger partial charge in [-0.15, -0.1) is 0 Å². The second kappa shape index (κ2) is 5.37. The molecule has 0 unspecified atom stereocenters. The Balaban J connectivity index is 2.37. The molecular formula is C18H12F2O. The van der Waals surface area contributed by atoms with Crippen molar-refractivity contribution in [2.45, 2.75) is 0 Å². The number of hydrogen-bond donors (Lipinski definition) is 1. The van der Waals surface area contributed by atoms with Crippen molar-refractivity contribution in [2.75, 3.05) is 0 Å². The zero-order valence-corrected chi connectivity index (χ0v) is 11.1. The molecule has 0 fully saturated rings. The van der Waals surface area contributed by atoms with Gasteiger partial charge in [-0.25, -0.2) is 8.78 Å². The minimum Gasteiger partial charge on any atom is -0.507 e. The van der Waals surface area contributed by atoms with Crippen molar-refractivity contribution in [3.05, 3.63) is 78.4 Å². The van der Waals surface area contributed by atoms with Crippen LogP contribution in [0.25, 0.3) is 22.3 Å². The first-order valence-corrected chi connectivity index (χ1v) is 6.50. The highest BCUT2D eigenvalue weighted by Gasteiger charge is 2.20. The highest BCUT2D eigenvalue weighted by Crippen LogP contribution is 2.41. The second-order valence-corrected chi connectivity index (χ2v) is 4.67. The lowest BCUT2D eigenvalue weighted by Gasteiger charge is -2.14. The third-order valence-electron chi connectivity index (χ3n) is 3.32. The van der Waals surface area contributed by atoms with Crippen molar-refractivity contribution in [2.24, 2.45) is 0 Å². The molecule has 0 heterocycles. The molecule has 0 spiro atoms. The average molecular weight is 282 g/mol. The maximum absolute atomic E-state index is 14.3. The molecule has 0 amide bonds. The van der Waals surface area contributed by atoms with Crippen molar-refractivity contribution in [1.82, 2.24) is 0 Å². The summed E-state index contributed by atoms with van der Waals surface area (Å²) in [7, 11) is 0. The maximum Gasteiger partial charge on any atom is 0.167 e. The largest absolute Gasteiger partial charge is 0.507 e. The van der Waals surface area contributed by atoms with Gasteiger partial charge >= 0.3 is 0 Å². The summed E-state index contributed by atoms with van der Waals surface area (Å²) in [6, 6.07) is 18.3. The van der Waals surface area contributed by atoms with Gasteiger partial charge in [0.25, 0.3) is 0 Å². The molecule has 0 bridgehead atoms. The molecule has 3 aromatic rings. The van der Waals surface area contributed by atoms with E-state index in [2.05, 4.69) is 0 Å². The van der Waals surface area contributed by atoms with Crippen LogP contribution in [0, 0.1) is 11.6 Å². The van der Waals surface area contributed by atoms with Gasteiger partial charge in [0, 0.05) is 17.2 Å². The number of aromatic hydroxyl groups is 1. The van der Waals surface area contributed by atoms with E-state index >= 15 is 0 Å². The molecule has 0 aliphatic carbocycles. The van der Waals surface area contributed by atoms with Gasteiger partial charge in [-0.05, 0) is 11.1 Å². The fraction of sp³-hybridized carbons (Fsp3) is 0. The Morgan fingerprint density at radius 3 is 1.67 bits per heavy atom. The molecule has 3 aromatic carbocycles. The molecule has 3 rings (SSSR count). The maximum atomic E-state index is 14.3. The third kappa shape index (κ3) is 2.38. The first kappa shape index (κ1) is 13.3. The van der Waals surface area contributed by atoms with Crippen LogP contribution in [0.3, 0.4) is 0 Å². The highest BCUT2D eigenvalue weighted by atomic mass is 19.2. The molecule has 0 saturated carbocycles. The SMILES string of the molecule is Oc1cc(F)c(F)c(-c2ccccc2)c1-c1ccccc1. The minimum atomic E-state index is -1.06. The molecule has 104 valence electrons. The van der Waals surface area contributed by atoms with Crippen LogP contribution < -0.4 is 0 Å². The first-order valence-electron chi connectivity index (χ1n) is 6.50. The summed E-state index contributed by atoms with van der Waals surface area (Å²) < 4.78 is 28.0. The van der Waals surface area contributed by atoms with Crippen molar-refractivity contribution in [1.29, 1.82) is 0 Å². The Labute approximate surface area is 121 Å².